The van der Waals surface area contributed by atoms with Crippen molar-refractivity contribution in [1.29, 1.82) is 0 Å². The molecule has 0 saturated carbocycles. The molecule has 2 atom stereocenters. The average molecular weight is 214 g/mol. The number of ether oxygens (including phenoxy) is 2. The van der Waals surface area contributed by atoms with Crippen LogP contribution in [0.3, 0.4) is 0 Å². The van der Waals surface area contributed by atoms with Crippen LogP contribution in [0.4, 0.5) is 0 Å². The summed E-state index contributed by atoms with van der Waals surface area (Å²) in [7, 11) is 0. The molecule has 0 aliphatic carbocycles. The maximum Gasteiger partial charge on any atom is 0.0963 e. The summed E-state index contributed by atoms with van der Waals surface area (Å²) >= 11 is 1.63. The van der Waals surface area contributed by atoms with Gasteiger partial charge in [-0.1, -0.05) is 0 Å². The Morgan fingerprint density at radius 3 is 3.21 bits per heavy atom. The molecule has 78 valence electrons. The van der Waals surface area contributed by atoms with Gasteiger partial charge in [0.05, 0.1) is 31.4 Å². The van der Waals surface area contributed by atoms with Gasteiger partial charge < -0.3 is 15.2 Å². The van der Waals surface area contributed by atoms with Crippen LogP contribution in [0.2, 0.25) is 0 Å². The van der Waals surface area contributed by atoms with Gasteiger partial charge in [-0.05, 0) is 0 Å². The SMILES string of the molecule is NC(Cc1cncs1)C1COCCO1. The fraction of sp³-hybridized carbons (Fsp3) is 0.667. The lowest BCUT2D eigenvalue weighted by atomic mass is 10.1. The number of rotatable bonds is 3. The van der Waals surface area contributed by atoms with Gasteiger partial charge in [0.1, 0.15) is 0 Å². The van der Waals surface area contributed by atoms with Gasteiger partial charge in [0.25, 0.3) is 0 Å². The van der Waals surface area contributed by atoms with E-state index < -0.39 is 0 Å². The third kappa shape index (κ3) is 2.51. The minimum absolute atomic E-state index is 0.00995. The second-order valence-electron chi connectivity index (χ2n) is 3.32. The lowest BCUT2D eigenvalue weighted by Gasteiger charge is -2.27. The highest BCUT2D eigenvalue weighted by Crippen LogP contribution is 2.12. The third-order valence-electron chi connectivity index (χ3n) is 2.24. The first-order valence-electron chi connectivity index (χ1n) is 4.68. The van der Waals surface area contributed by atoms with Crippen LogP contribution in [0.25, 0.3) is 0 Å². The molecule has 1 aromatic heterocycles. The molecule has 0 spiro atoms. The van der Waals surface area contributed by atoms with Crippen LogP contribution in [-0.2, 0) is 15.9 Å². The summed E-state index contributed by atoms with van der Waals surface area (Å²) in [5.41, 5.74) is 7.83. The van der Waals surface area contributed by atoms with Gasteiger partial charge in [-0.15, -0.1) is 11.3 Å². The summed E-state index contributed by atoms with van der Waals surface area (Å²) in [5, 5.41) is 0. The summed E-state index contributed by atoms with van der Waals surface area (Å²) in [6.07, 6.45) is 2.71. The van der Waals surface area contributed by atoms with Crippen LogP contribution >= 0.6 is 11.3 Å². The van der Waals surface area contributed by atoms with E-state index in [1.54, 1.807) is 11.3 Å². The highest BCUT2D eigenvalue weighted by molar-refractivity contribution is 7.09. The topological polar surface area (TPSA) is 57.4 Å². The van der Waals surface area contributed by atoms with Crippen molar-refractivity contribution >= 4 is 11.3 Å². The number of nitrogens with two attached hydrogens (primary N) is 1. The maximum absolute atomic E-state index is 6.01. The maximum atomic E-state index is 6.01. The van der Waals surface area contributed by atoms with Gasteiger partial charge in [0, 0.05) is 23.5 Å². The summed E-state index contributed by atoms with van der Waals surface area (Å²) in [6, 6.07) is 0.00995. The minimum atomic E-state index is 0.00995. The standard InChI is InChI=1S/C9H14N2O2S/c10-8(3-7-4-11-6-14-7)9-5-12-1-2-13-9/h4,6,8-9H,1-3,5,10H2. The number of hydrogen-bond donors (Lipinski definition) is 1. The Morgan fingerprint density at radius 1 is 1.64 bits per heavy atom. The molecule has 0 bridgehead atoms. The van der Waals surface area contributed by atoms with Crippen molar-refractivity contribution in [3.63, 3.8) is 0 Å². The molecule has 0 radical (unpaired) electrons. The van der Waals surface area contributed by atoms with Crippen molar-refractivity contribution in [3.05, 3.63) is 16.6 Å². The van der Waals surface area contributed by atoms with Crippen LogP contribution in [0.5, 0.6) is 0 Å². The molecule has 2 rings (SSSR count). The van der Waals surface area contributed by atoms with E-state index in [4.69, 9.17) is 15.2 Å². The number of nitrogens with zero attached hydrogens (tertiary/aromatic N) is 1. The second-order valence-corrected chi connectivity index (χ2v) is 4.29. The van der Waals surface area contributed by atoms with Crippen LogP contribution in [0.15, 0.2) is 11.7 Å². The summed E-state index contributed by atoms with van der Waals surface area (Å²) in [6.45, 7) is 1.95. The highest BCUT2D eigenvalue weighted by atomic mass is 32.1. The smallest absolute Gasteiger partial charge is 0.0963 e. The quantitative estimate of drug-likeness (QED) is 0.792. The van der Waals surface area contributed by atoms with Crippen molar-refractivity contribution < 1.29 is 9.47 Å². The lowest BCUT2D eigenvalue weighted by molar-refractivity contribution is -0.0966. The molecule has 4 nitrogen and oxygen atoms in total. The summed E-state index contributed by atoms with van der Waals surface area (Å²) in [4.78, 5) is 5.21. The van der Waals surface area contributed by atoms with Gasteiger partial charge in [-0.3, -0.25) is 4.98 Å². The Labute approximate surface area is 87.0 Å². The minimum Gasteiger partial charge on any atom is -0.376 e. The van der Waals surface area contributed by atoms with E-state index in [1.807, 2.05) is 11.7 Å². The van der Waals surface area contributed by atoms with Crippen molar-refractivity contribution in [2.24, 2.45) is 5.73 Å². The molecule has 1 fully saturated rings. The largest absolute Gasteiger partial charge is 0.376 e. The van der Waals surface area contributed by atoms with Crippen molar-refractivity contribution in [3.8, 4) is 0 Å². The first kappa shape index (κ1) is 10.0. The summed E-state index contributed by atoms with van der Waals surface area (Å²) in [5.74, 6) is 0. The van der Waals surface area contributed by atoms with Gasteiger partial charge in [0.15, 0.2) is 0 Å². The first-order valence-corrected chi connectivity index (χ1v) is 5.56. The number of hydrogen-bond acceptors (Lipinski definition) is 5. The van der Waals surface area contributed by atoms with E-state index in [0.29, 0.717) is 19.8 Å². The predicted molar refractivity (Wildman–Crippen MR) is 54.4 cm³/mol. The van der Waals surface area contributed by atoms with Crippen molar-refractivity contribution in [1.82, 2.24) is 4.98 Å². The van der Waals surface area contributed by atoms with Crippen LogP contribution < -0.4 is 5.73 Å². The Kier molecular flexibility index (Phi) is 3.47. The number of thiazole rings is 1. The number of aromatic nitrogens is 1. The Balaban J connectivity index is 1.85. The monoisotopic (exact) mass is 214 g/mol. The van der Waals surface area contributed by atoms with E-state index in [-0.39, 0.29) is 12.1 Å². The van der Waals surface area contributed by atoms with Gasteiger partial charge >= 0.3 is 0 Å². The summed E-state index contributed by atoms with van der Waals surface area (Å²) < 4.78 is 10.8. The van der Waals surface area contributed by atoms with E-state index in [1.165, 1.54) is 4.88 Å². The zero-order valence-corrected chi connectivity index (χ0v) is 8.70. The lowest BCUT2D eigenvalue weighted by Crippen LogP contribution is -2.44. The average Bonchev–Trinajstić information content (AvgIpc) is 2.72. The molecule has 1 saturated heterocycles. The Hall–Kier alpha value is -0.490. The molecule has 2 heterocycles. The molecule has 5 heteroatoms. The fourth-order valence-electron chi connectivity index (χ4n) is 1.46. The zero-order chi connectivity index (χ0) is 9.80. The van der Waals surface area contributed by atoms with Crippen LogP contribution in [-0.4, -0.2) is 37.0 Å². The molecule has 0 amide bonds. The van der Waals surface area contributed by atoms with Crippen molar-refractivity contribution in [2.75, 3.05) is 19.8 Å². The highest BCUT2D eigenvalue weighted by Gasteiger charge is 2.22. The molecule has 2 unspecified atom stereocenters. The molecule has 2 N–H and O–H groups in total. The van der Waals surface area contributed by atoms with E-state index in [0.717, 1.165) is 6.42 Å². The van der Waals surface area contributed by atoms with E-state index >= 15 is 0 Å². The molecule has 1 aliphatic heterocycles. The Bertz CT molecular complexity index is 260. The molecule has 1 aliphatic rings. The van der Waals surface area contributed by atoms with Gasteiger partial charge in [-0.2, -0.15) is 0 Å². The van der Waals surface area contributed by atoms with Gasteiger partial charge in [0.2, 0.25) is 0 Å². The van der Waals surface area contributed by atoms with E-state index in [2.05, 4.69) is 4.98 Å². The Morgan fingerprint density at radius 2 is 2.57 bits per heavy atom. The third-order valence-corrected chi connectivity index (χ3v) is 3.04. The molecule has 14 heavy (non-hydrogen) atoms. The fourth-order valence-corrected chi connectivity index (χ4v) is 2.13. The normalized spacial score (nSPS) is 24.8. The molecular formula is C9H14N2O2S. The van der Waals surface area contributed by atoms with Crippen molar-refractivity contribution in [2.45, 2.75) is 18.6 Å². The second kappa shape index (κ2) is 4.84. The molecule has 1 aromatic rings. The predicted octanol–water partition coefficient (Wildman–Crippen LogP) is 0.428. The van der Waals surface area contributed by atoms with Gasteiger partial charge in [-0.25, -0.2) is 0 Å². The molecule has 0 aromatic carbocycles. The first-order chi connectivity index (χ1) is 6.86. The van der Waals surface area contributed by atoms with E-state index in [9.17, 15) is 0 Å². The molecular weight excluding hydrogens is 200 g/mol. The van der Waals surface area contributed by atoms with Crippen LogP contribution in [0.1, 0.15) is 4.88 Å². The zero-order valence-electron chi connectivity index (χ0n) is 7.89. The van der Waals surface area contributed by atoms with Crippen LogP contribution in [0, 0.1) is 0 Å².